The number of hydrogen-bond donors (Lipinski definition) is 3. The minimum Gasteiger partial charge on any atom is -0.397 e. The predicted octanol–water partition coefficient (Wildman–Crippen LogP) is 1.22. The zero-order valence-electron chi connectivity index (χ0n) is 10.3. The van der Waals surface area contributed by atoms with E-state index in [1.165, 1.54) is 12.1 Å². The van der Waals surface area contributed by atoms with E-state index in [0.29, 0.717) is 18.2 Å². The van der Waals surface area contributed by atoms with Crippen LogP contribution in [-0.2, 0) is 0 Å². The molecule has 1 unspecified atom stereocenters. The van der Waals surface area contributed by atoms with E-state index < -0.39 is 6.10 Å². The van der Waals surface area contributed by atoms with Crippen molar-refractivity contribution in [3.05, 3.63) is 28.8 Å². The molecule has 0 spiro atoms. The topological polar surface area (TPSA) is 106 Å². The second kappa shape index (κ2) is 6.40. The van der Waals surface area contributed by atoms with E-state index in [0.717, 1.165) is 12.8 Å². The van der Waals surface area contributed by atoms with Gasteiger partial charge in [-0.05, 0) is 30.5 Å². The Kier molecular flexibility index (Phi) is 5.14. The van der Waals surface area contributed by atoms with Crippen molar-refractivity contribution < 1.29 is 5.11 Å². The van der Waals surface area contributed by atoms with Crippen LogP contribution < -0.4 is 11.1 Å². The van der Waals surface area contributed by atoms with Gasteiger partial charge in [0.25, 0.3) is 0 Å². The number of rotatable bonds is 4. The highest BCUT2D eigenvalue weighted by molar-refractivity contribution is 5.85. The first kappa shape index (κ1) is 15.3. The van der Waals surface area contributed by atoms with Gasteiger partial charge in [0, 0.05) is 12.6 Å². The molecule has 1 aromatic carbocycles. The number of nitrogens with zero attached hydrogens (tertiary/aromatic N) is 2. The Balaban J connectivity index is 0.00000180. The lowest BCUT2D eigenvalue weighted by Gasteiger charge is -2.13. The molecule has 0 bridgehead atoms. The van der Waals surface area contributed by atoms with Gasteiger partial charge in [0.15, 0.2) is 0 Å². The number of nitriles is 2. The van der Waals surface area contributed by atoms with Crippen molar-refractivity contribution >= 4 is 18.1 Å². The molecule has 100 valence electrons. The highest BCUT2D eigenvalue weighted by atomic mass is 35.5. The van der Waals surface area contributed by atoms with E-state index in [1.807, 2.05) is 12.1 Å². The van der Waals surface area contributed by atoms with Gasteiger partial charge in [0.1, 0.15) is 12.1 Å². The van der Waals surface area contributed by atoms with E-state index in [9.17, 15) is 5.11 Å². The van der Waals surface area contributed by atoms with Gasteiger partial charge in [-0.25, -0.2) is 0 Å². The van der Waals surface area contributed by atoms with Crippen LogP contribution in [-0.4, -0.2) is 17.7 Å². The highest BCUT2D eigenvalue weighted by Gasteiger charge is 2.22. The number of aliphatic hydroxyl groups is 1. The standard InChI is InChI=1S/C13H14N4O.ClH/c14-5-9-3-8(4-10(6-15)13(9)16)12(18)7-17-11-1-2-11;/h3-4,11-12,17-18H,1-2,7,16H2;1H. The lowest BCUT2D eigenvalue weighted by molar-refractivity contribution is 0.174. The quantitative estimate of drug-likeness (QED) is 0.718. The van der Waals surface area contributed by atoms with E-state index in [-0.39, 0.29) is 29.2 Å². The predicted molar refractivity (Wildman–Crippen MR) is 73.5 cm³/mol. The highest BCUT2D eigenvalue weighted by Crippen LogP contribution is 2.24. The van der Waals surface area contributed by atoms with Crippen molar-refractivity contribution in [2.45, 2.75) is 25.0 Å². The smallest absolute Gasteiger partial charge is 0.101 e. The van der Waals surface area contributed by atoms with Crippen LogP contribution in [0, 0.1) is 22.7 Å². The number of hydrogen-bond acceptors (Lipinski definition) is 5. The summed E-state index contributed by atoms with van der Waals surface area (Å²) >= 11 is 0. The second-order valence-corrected chi connectivity index (χ2v) is 4.45. The molecule has 6 heteroatoms. The Bertz CT molecular complexity index is 508. The summed E-state index contributed by atoms with van der Waals surface area (Å²) in [5.74, 6) is 0. The van der Waals surface area contributed by atoms with Crippen LogP contribution in [0.4, 0.5) is 5.69 Å². The van der Waals surface area contributed by atoms with Gasteiger partial charge in [-0.3, -0.25) is 0 Å². The molecule has 1 fully saturated rings. The van der Waals surface area contributed by atoms with Crippen molar-refractivity contribution in [3.8, 4) is 12.1 Å². The number of aliphatic hydroxyl groups excluding tert-OH is 1. The normalized spacial score (nSPS) is 14.9. The summed E-state index contributed by atoms with van der Waals surface area (Å²) in [6, 6.07) is 7.44. The molecule has 4 N–H and O–H groups in total. The Morgan fingerprint density at radius 3 is 2.26 bits per heavy atom. The first-order valence-corrected chi connectivity index (χ1v) is 5.80. The van der Waals surface area contributed by atoms with E-state index in [1.54, 1.807) is 0 Å². The number of anilines is 1. The number of nitrogens with two attached hydrogens (primary N) is 1. The third-order valence-electron chi connectivity index (χ3n) is 3.01. The fourth-order valence-electron chi connectivity index (χ4n) is 1.74. The third-order valence-corrected chi connectivity index (χ3v) is 3.01. The van der Waals surface area contributed by atoms with Crippen LogP contribution >= 0.6 is 12.4 Å². The molecule has 0 radical (unpaired) electrons. The van der Waals surface area contributed by atoms with Crippen molar-refractivity contribution in [2.24, 2.45) is 0 Å². The first-order valence-electron chi connectivity index (χ1n) is 5.80. The molecule has 0 amide bonds. The number of nitrogens with one attached hydrogen (secondary N) is 1. The maximum atomic E-state index is 10.0. The average Bonchev–Trinajstić information content (AvgIpc) is 3.20. The van der Waals surface area contributed by atoms with Crippen LogP contribution in [0.15, 0.2) is 12.1 Å². The van der Waals surface area contributed by atoms with Crippen molar-refractivity contribution in [1.82, 2.24) is 5.32 Å². The molecule has 0 heterocycles. The van der Waals surface area contributed by atoms with E-state index >= 15 is 0 Å². The minimum atomic E-state index is -0.731. The summed E-state index contributed by atoms with van der Waals surface area (Å²) in [6.45, 7) is 0.421. The molecule has 19 heavy (non-hydrogen) atoms. The van der Waals surface area contributed by atoms with Crippen molar-refractivity contribution in [2.75, 3.05) is 12.3 Å². The molecular weight excluding hydrogens is 264 g/mol. The molecule has 1 aliphatic carbocycles. The molecule has 1 aliphatic rings. The summed E-state index contributed by atoms with van der Waals surface area (Å²) in [6.07, 6.45) is 1.55. The van der Waals surface area contributed by atoms with Gasteiger partial charge < -0.3 is 16.2 Å². The van der Waals surface area contributed by atoms with Crippen molar-refractivity contribution in [1.29, 1.82) is 10.5 Å². The van der Waals surface area contributed by atoms with Crippen LogP contribution in [0.1, 0.15) is 35.6 Å². The largest absolute Gasteiger partial charge is 0.397 e. The molecule has 1 saturated carbocycles. The van der Waals surface area contributed by atoms with E-state index in [4.69, 9.17) is 16.3 Å². The van der Waals surface area contributed by atoms with Crippen LogP contribution in [0.3, 0.4) is 0 Å². The Morgan fingerprint density at radius 2 is 1.84 bits per heavy atom. The number of benzene rings is 1. The summed E-state index contributed by atoms with van der Waals surface area (Å²) < 4.78 is 0. The summed E-state index contributed by atoms with van der Waals surface area (Å²) in [5.41, 5.74) is 6.84. The SMILES string of the molecule is Cl.N#Cc1cc(C(O)CNC2CC2)cc(C#N)c1N. The van der Waals surface area contributed by atoms with Gasteiger partial charge in [-0.15, -0.1) is 12.4 Å². The molecule has 1 aromatic rings. The molecule has 0 saturated heterocycles. The van der Waals surface area contributed by atoms with Gasteiger partial charge in [-0.1, -0.05) is 0 Å². The van der Waals surface area contributed by atoms with Crippen molar-refractivity contribution in [3.63, 3.8) is 0 Å². The lowest BCUT2D eigenvalue weighted by atomic mass is 10.0. The maximum absolute atomic E-state index is 10.0. The van der Waals surface area contributed by atoms with Crippen LogP contribution in [0.25, 0.3) is 0 Å². The van der Waals surface area contributed by atoms with Gasteiger partial charge >= 0.3 is 0 Å². The Hall–Kier alpha value is -1.79. The van der Waals surface area contributed by atoms with Gasteiger partial charge in [0.05, 0.1) is 22.9 Å². The number of halogens is 1. The molecule has 0 aliphatic heterocycles. The lowest BCUT2D eigenvalue weighted by Crippen LogP contribution is -2.23. The maximum Gasteiger partial charge on any atom is 0.101 e. The fourth-order valence-corrected chi connectivity index (χ4v) is 1.74. The average molecular weight is 279 g/mol. The molecule has 2 rings (SSSR count). The summed E-state index contributed by atoms with van der Waals surface area (Å²) in [5, 5.41) is 31.1. The zero-order valence-corrected chi connectivity index (χ0v) is 11.1. The van der Waals surface area contributed by atoms with Crippen LogP contribution in [0.2, 0.25) is 0 Å². The van der Waals surface area contributed by atoms with E-state index in [2.05, 4.69) is 5.32 Å². The Labute approximate surface area is 118 Å². The van der Waals surface area contributed by atoms with Gasteiger partial charge in [0.2, 0.25) is 0 Å². The fraction of sp³-hybridized carbons (Fsp3) is 0.385. The molecular formula is C13H15ClN4O. The minimum absolute atomic E-state index is 0. The zero-order chi connectivity index (χ0) is 13.1. The van der Waals surface area contributed by atoms with Gasteiger partial charge in [-0.2, -0.15) is 10.5 Å². The monoisotopic (exact) mass is 278 g/mol. The van der Waals surface area contributed by atoms with Crippen LogP contribution in [0.5, 0.6) is 0 Å². The summed E-state index contributed by atoms with van der Waals surface area (Å²) in [7, 11) is 0. The molecule has 5 nitrogen and oxygen atoms in total. The third kappa shape index (κ3) is 3.59. The summed E-state index contributed by atoms with van der Waals surface area (Å²) in [4.78, 5) is 0. The molecule has 1 atom stereocenters. The second-order valence-electron chi connectivity index (χ2n) is 4.45. The number of nitrogen functional groups attached to an aromatic ring is 1. The Morgan fingerprint density at radius 1 is 1.32 bits per heavy atom. The molecule has 0 aromatic heterocycles. The first-order chi connectivity index (χ1) is 8.65.